The van der Waals surface area contributed by atoms with Gasteiger partial charge in [0.05, 0.1) is 33.7 Å². The molecule has 1 N–H and O–H groups in total. The van der Waals surface area contributed by atoms with Crippen molar-refractivity contribution in [3.8, 4) is 0 Å². The van der Waals surface area contributed by atoms with Gasteiger partial charge in [-0.15, -0.1) is 22.7 Å². The van der Waals surface area contributed by atoms with Gasteiger partial charge in [-0.2, -0.15) is 0 Å². The summed E-state index contributed by atoms with van der Waals surface area (Å²) in [7, 11) is 5.81. The van der Waals surface area contributed by atoms with E-state index >= 15 is 0 Å². The van der Waals surface area contributed by atoms with Crippen molar-refractivity contribution in [1.29, 1.82) is 0 Å². The lowest BCUT2D eigenvalue weighted by molar-refractivity contribution is -0.123. The molecular weight excluding hydrogens is 693 g/mol. The van der Waals surface area contributed by atoms with E-state index in [-0.39, 0.29) is 36.4 Å². The lowest BCUT2D eigenvalue weighted by Crippen LogP contribution is -2.47. The summed E-state index contributed by atoms with van der Waals surface area (Å²) in [6.45, 7) is 5.29. The van der Waals surface area contributed by atoms with Gasteiger partial charge in [0, 0.05) is 49.6 Å². The van der Waals surface area contributed by atoms with Crippen LogP contribution in [0.5, 0.6) is 0 Å². The zero-order chi connectivity index (χ0) is 37.0. The van der Waals surface area contributed by atoms with Gasteiger partial charge in [0.1, 0.15) is 6.61 Å². The highest BCUT2D eigenvalue weighted by atomic mass is 32.1. The number of likely N-dealkylation sites (tertiary alicyclic amines) is 1. The molecule has 2 aromatic heterocycles. The number of amides is 3. The van der Waals surface area contributed by atoms with E-state index in [4.69, 9.17) is 9.72 Å². The number of Topliss-reactive ketones (excluding diaryl/α,β-unsaturated/α-hetero) is 1. The number of alkyl carbamates (subject to hydrolysis) is 1. The van der Waals surface area contributed by atoms with Crippen molar-refractivity contribution in [2.75, 3.05) is 27.7 Å². The maximum atomic E-state index is 14.4. The topological polar surface area (TPSA) is 108 Å². The second-order valence-corrected chi connectivity index (χ2v) is 16.2. The minimum atomic E-state index is -0.512. The molecule has 3 amide bonds. The number of thiazole rings is 2. The van der Waals surface area contributed by atoms with Crippen LogP contribution in [0, 0.1) is 5.92 Å². The van der Waals surface area contributed by atoms with Crippen LogP contribution >= 0.6 is 22.7 Å². The lowest BCUT2D eigenvalue weighted by Gasteiger charge is -2.30. The summed E-state index contributed by atoms with van der Waals surface area (Å²) in [6.07, 6.45) is 4.91. The third-order valence-electron chi connectivity index (χ3n) is 9.67. The number of urea groups is 1. The lowest BCUT2D eigenvalue weighted by atomic mass is 9.86. The molecule has 1 aliphatic rings. The maximum Gasteiger partial charge on any atom is 0.407 e. The van der Waals surface area contributed by atoms with Crippen LogP contribution in [0.4, 0.5) is 9.59 Å². The number of benzene rings is 2. The molecule has 0 radical (unpaired) electrons. The van der Waals surface area contributed by atoms with E-state index in [1.165, 1.54) is 11.3 Å². The Morgan fingerprint density at radius 2 is 1.65 bits per heavy atom. The number of nitrogens with zero attached hydrogens (tertiary/aromatic N) is 5. The molecule has 278 valence electrons. The van der Waals surface area contributed by atoms with E-state index in [1.807, 2.05) is 55.9 Å². The average Bonchev–Trinajstić information content (AvgIpc) is 3.92. The number of aromatic nitrogens is 2. The Bertz CT molecular complexity index is 1700. The molecule has 1 saturated heterocycles. The molecule has 0 bridgehead atoms. The third kappa shape index (κ3) is 11.4. The van der Waals surface area contributed by atoms with E-state index in [0.717, 1.165) is 33.1 Å². The monoisotopic (exact) mass is 744 g/mol. The van der Waals surface area contributed by atoms with Crippen LogP contribution in [-0.4, -0.2) is 88.4 Å². The number of carbonyl (C=O) groups is 3. The standard InChI is InChI=1S/C40H52N6O4S2/c1-28(2)38-42-33(26-51-38)23-45(5)40(49)46-24-34(44(3)4)21-36(46)37(47)20-31(18-29-12-8-6-9-13-29)16-17-32(19-30-14-10-7-11-15-30)43-39(48)50-25-35-22-41-27-52-35/h6-15,22,26-28,31-32,34,36H,16-21,23-25H2,1-5H3,(H,43,48)/t31-,32-,34+,36+/m1/s1. The molecule has 12 heteroatoms. The second-order valence-electron chi connectivity index (χ2n) is 14.4. The Morgan fingerprint density at radius 1 is 0.962 bits per heavy atom. The van der Waals surface area contributed by atoms with Crippen molar-refractivity contribution in [1.82, 2.24) is 30.0 Å². The molecular formula is C40H52N6O4S2. The average molecular weight is 745 g/mol. The van der Waals surface area contributed by atoms with Crippen molar-refractivity contribution < 1.29 is 19.1 Å². The van der Waals surface area contributed by atoms with E-state index < -0.39 is 12.1 Å². The van der Waals surface area contributed by atoms with Gasteiger partial charge in [-0.3, -0.25) is 9.78 Å². The molecule has 5 rings (SSSR count). The van der Waals surface area contributed by atoms with Crippen LogP contribution in [0.2, 0.25) is 0 Å². The Kier molecular flexibility index (Phi) is 14.4. The molecule has 52 heavy (non-hydrogen) atoms. The Labute approximate surface area is 316 Å². The molecule has 0 unspecified atom stereocenters. The van der Waals surface area contributed by atoms with Crippen molar-refractivity contribution in [3.63, 3.8) is 0 Å². The summed E-state index contributed by atoms with van der Waals surface area (Å²) >= 11 is 3.06. The zero-order valence-corrected chi connectivity index (χ0v) is 32.6. The summed E-state index contributed by atoms with van der Waals surface area (Å²) < 4.78 is 5.54. The van der Waals surface area contributed by atoms with Crippen LogP contribution in [0.1, 0.15) is 72.2 Å². The van der Waals surface area contributed by atoms with Gasteiger partial charge in [0.25, 0.3) is 0 Å². The predicted molar refractivity (Wildman–Crippen MR) is 208 cm³/mol. The number of ketones is 1. The fraction of sp³-hybridized carbons (Fsp3) is 0.475. The van der Waals surface area contributed by atoms with Crippen LogP contribution in [0.3, 0.4) is 0 Å². The molecule has 3 heterocycles. The summed E-state index contributed by atoms with van der Waals surface area (Å²) in [4.78, 5) is 56.5. The fourth-order valence-corrected chi connectivity index (χ4v) is 8.09. The highest BCUT2D eigenvalue weighted by Gasteiger charge is 2.41. The number of hydrogen-bond donors (Lipinski definition) is 1. The molecule has 1 aliphatic heterocycles. The van der Waals surface area contributed by atoms with Crippen molar-refractivity contribution in [2.45, 2.75) is 89.6 Å². The van der Waals surface area contributed by atoms with E-state index in [0.29, 0.717) is 51.1 Å². The molecule has 0 saturated carbocycles. The first-order chi connectivity index (χ1) is 25.0. The number of carbonyl (C=O) groups excluding carboxylic acids is 3. The van der Waals surface area contributed by atoms with Crippen LogP contribution in [0.15, 0.2) is 77.8 Å². The summed E-state index contributed by atoms with van der Waals surface area (Å²) in [5, 5.41) is 6.17. The van der Waals surface area contributed by atoms with Gasteiger partial charge in [-0.05, 0) is 63.2 Å². The van der Waals surface area contributed by atoms with Gasteiger partial charge < -0.3 is 24.8 Å². The highest BCUT2D eigenvalue weighted by molar-refractivity contribution is 7.09. The summed E-state index contributed by atoms with van der Waals surface area (Å²) in [5.74, 6) is 0.428. The first kappa shape index (κ1) is 39.1. The summed E-state index contributed by atoms with van der Waals surface area (Å²) in [6, 6.07) is 19.6. The fourth-order valence-electron chi connectivity index (χ4n) is 6.76. The van der Waals surface area contributed by atoms with Crippen molar-refractivity contribution in [2.24, 2.45) is 5.92 Å². The molecule has 4 aromatic rings. The zero-order valence-electron chi connectivity index (χ0n) is 30.9. The van der Waals surface area contributed by atoms with E-state index in [2.05, 4.69) is 53.3 Å². The summed E-state index contributed by atoms with van der Waals surface area (Å²) in [5.41, 5.74) is 4.85. The predicted octanol–water partition coefficient (Wildman–Crippen LogP) is 7.42. The first-order valence-electron chi connectivity index (χ1n) is 18.1. The Morgan fingerprint density at radius 3 is 2.27 bits per heavy atom. The normalized spacial score (nSPS) is 16.9. The van der Waals surface area contributed by atoms with Crippen molar-refractivity contribution in [3.05, 3.63) is 104 Å². The van der Waals surface area contributed by atoms with Crippen LogP contribution in [-0.2, 0) is 35.5 Å². The molecule has 10 nitrogen and oxygen atoms in total. The maximum absolute atomic E-state index is 14.4. The minimum absolute atomic E-state index is 0.0146. The second kappa shape index (κ2) is 19.1. The molecule has 4 atom stereocenters. The molecule has 2 aromatic carbocycles. The number of likely N-dealkylation sites (N-methyl/N-ethyl adjacent to an activating group) is 1. The van der Waals surface area contributed by atoms with Gasteiger partial charge in [0.15, 0.2) is 5.78 Å². The Balaban J connectivity index is 1.29. The number of ether oxygens (including phenoxy) is 1. The van der Waals surface area contributed by atoms with Gasteiger partial charge in [-0.25, -0.2) is 14.6 Å². The SMILES string of the molecule is CC(C)c1nc(CN(C)C(=O)N2C[C@@H](N(C)C)C[C@H]2C(=O)C[C@H](CC[C@H](Cc2ccccc2)NC(=O)OCc2cncs2)Cc2ccccc2)cs1. The number of rotatable bonds is 17. The van der Waals surface area contributed by atoms with E-state index in [9.17, 15) is 14.4 Å². The third-order valence-corrected chi connectivity index (χ3v) is 11.6. The Hall–Kier alpha value is -4.13. The largest absolute Gasteiger partial charge is 0.444 e. The number of hydrogen-bond acceptors (Lipinski definition) is 9. The minimum Gasteiger partial charge on any atom is -0.444 e. The quantitative estimate of drug-likeness (QED) is 0.120. The smallest absolute Gasteiger partial charge is 0.407 e. The van der Waals surface area contributed by atoms with Gasteiger partial charge >= 0.3 is 12.1 Å². The van der Waals surface area contributed by atoms with Crippen LogP contribution in [0.25, 0.3) is 0 Å². The van der Waals surface area contributed by atoms with Crippen LogP contribution < -0.4 is 5.32 Å². The van der Waals surface area contributed by atoms with E-state index in [1.54, 1.807) is 39.9 Å². The molecule has 0 aliphatic carbocycles. The van der Waals surface area contributed by atoms with Gasteiger partial charge in [0.2, 0.25) is 0 Å². The highest BCUT2D eigenvalue weighted by Crippen LogP contribution is 2.29. The number of nitrogens with one attached hydrogen (secondary N) is 1. The van der Waals surface area contributed by atoms with Crippen molar-refractivity contribution >= 4 is 40.6 Å². The molecule has 0 spiro atoms. The molecule has 1 fully saturated rings. The first-order valence-corrected chi connectivity index (χ1v) is 19.8. The van der Waals surface area contributed by atoms with Gasteiger partial charge in [-0.1, -0.05) is 74.5 Å².